The van der Waals surface area contributed by atoms with E-state index in [0.29, 0.717) is 0 Å². The summed E-state index contributed by atoms with van der Waals surface area (Å²) in [6, 6.07) is 4.20. The molecule has 158 valence electrons. The molecule has 8 heteroatoms. The molecule has 0 bridgehead atoms. The van der Waals surface area contributed by atoms with E-state index in [-0.39, 0.29) is 17.9 Å². The lowest BCUT2D eigenvalue weighted by molar-refractivity contribution is -0.137. The Morgan fingerprint density at radius 1 is 1.17 bits per heavy atom. The van der Waals surface area contributed by atoms with Gasteiger partial charge in [-0.15, -0.1) is 0 Å². The summed E-state index contributed by atoms with van der Waals surface area (Å²) in [6.45, 7) is 3.10. The van der Waals surface area contributed by atoms with Gasteiger partial charge in [0, 0.05) is 68.2 Å². The maximum atomic E-state index is 12.9. The van der Waals surface area contributed by atoms with Crippen LogP contribution in [-0.4, -0.2) is 67.9 Å². The number of nitrogens with zero attached hydrogens (tertiary/aromatic N) is 5. The second-order valence-corrected chi connectivity index (χ2v) is 8.50. The molecule has 0 radical (unpaired) electrons. The first-order valence-corrected chi connectivity index (χ1v) is 10.8. The summed E-state index contributed by atoms with van der Waals surface area (Å²) in [7, 11) is 1.91. The zero-order valence-electron chi connectivity index (χ0n) is 17.3. The molecular formula is C22H28N6O2. The summed E-state index contributed by atoms with van der Waals surface area (Å²) in [6.07, 6.45) is 8.57. The third-order valence-electron chi connectivity index (χ3n) is 6.50. The number of aromatic nitrogens is 4. The van der Waals surface area contributed by atoms with Crippen molar-refractivity contribution >= 4 is 22.6 Å². The summed E-state index contributed by atoms with van der Waals surface area (Å²) in [4.78, 5) is 25.1. The maximum Gasteiger partial charge on any atom is 0.225 e. The molecule has 1 aliphatic carbocycles. The lowest BCUT2D eigenvalue weighted by Gasteiger charge is -2.38. The number of pyridine rings is 1. The Kier molecular flexibility index (Phi) is 4.94. The number of hydrogen-bond acceptors (Lipinski definition) is 5. The largest absolute Gasteiger partial charge is 0.393 e. The van der Waals surface area contributed by atoms with Gasteiger partial charge in [-0.3, -0.25) is 9.48 Å². The Labute approximate surface area is 175 Å². The molecule has 3 aromatic rings. The van der Waals surface area contributed by atoms with Gasteiger partial charge in [-0.05, 0) is 37.8 Å². The molecule has 2 N–H and O–H groups in total. The van der Waals surface area contributed by atoms with Gasteiger partial charge in [0.05, 0.1) is 18.0 Å². The van der Waals surface area contributed by atoms with E-state index in [1.165, 1.54) is 0 Å². The second-order valence-electron chi connectivity index (χ2n) is 8.50. The number of aromatic amines is 1. The highest BCUT2D eigenvalue weighted by molar-refractivity contribution is 5.93. The number of fused-ring (bicyclic) bond motifs is 1. The zero-order valence-corrected chi connectivity index (χ0v) is 17.3. The van der Waals surface area contributed by atoms with Crippen LogP contribution in [-0.2, 0) is 11.8 Å². The number of anilines is 1. The standard InChI is InChI=1S/C22H28N6O2/c1-26-14-16(13-24-26)19-12-18-20(6-7-23-21(18)25-19)27-8-10-28(11-9-27)22(30)15-2-4-17(29)5-3-15/h6-7,12-15,17,29H,2-5,8-11H2,1H3,(H,23,25)/t15-,17-. The Balaban J connectivity index is 1.30. The molecule has 0 atom stereocenters. The van der Waals surface area contributed by atoms with Crippen LogP contribution in [0.4, 0.5) is 5.69 Å². The number of piperazine rings is 1. The number of carbonyl (C=O) groups excluding carboxylic acids is 1. The minimum atomic E-state index is -0.224. The van der Waals surface area contributed by atoms with Crippen molar-refractivity contribution in [3.63, 3.8) is 0 Å². The fraction of sp³-hybridized carbons (Fsp3) is 0.500. The fourth-order valence-electron chi connectivity index (χ4n) is 4.75. The molecule has 2 fully saturated rings. The fourth-order valence-corrected chi connectivity index (χ4v) is 4.75. The van der Waals surface area contributed by atoms with Gasteiger partial charge in [0.1, 0.15) is 5.65 Å². The molecule has 4 heterocycles. The topological polar surface area (TPSA) is 90.3 Å². The molecule has 1 amide bonds. The summed E-state index contributed by atoms with van der Waals surface area (Å²) in [5.74, 6) is 0.348. The van der Waals surface area contributed by atoms with Crippen LogP contribution in [0.5, 0.6) is 0 Å². The number of nitrogens with one attached hydrogen (secondary N) is 1. The first-order valence-electron chi connectivity index (χ1n) is 10.8. The van der Waals surface area contributed by atoms with Crippen molar-refractivity contribution in [3.05, 3.63) is 30.7 Å². The third-order valence-corrected chi connectivity index (χ3v) is 6.50. The van der Waals surface area contributed by atoms with Crippen LogP contribution in [0.2, 0.25) is 0 Å². The summed E-state index contributed by atoms with van der Waals surface area (Å²) >= 11 is 0. The molecule has 1 saturated heterocycles. The van der Waals surface area contributed by atoms with E-state index in [2.05, 4.69) is 32.1 Å². The normalized spacial score (nSPS) is 22.6. The van der Waals surface area contributed by atoms with E-state index >= 15 is 0 Å². The molecule has 8 nitrogen and oxygen atoms in total. The summed E-state index contributed by atoms with van der Waals surface area (Å²) < 4.78 is 1.79. The molecule has 0 spiro atoms. The molecule has 1 saturated carbocycles. The maximum absolute atomic E-state index is 12.9. The van der Waals surface area contributed by atoms with Gasteiger partial charge in [0.15, 0.2) is 0 Å². The van der Waals surface area contributed by atoms with E-state index in [0.717, 1.165) is 79.8 Å². The highest BCUT2D eigenvalue weighted by atomic mass is 16.3. The number of aliphatic hydroxyl groups is 1. The van der Waals surface area contributed by atoms with Crippen LogP contribution >= 0.6 is 0 Å². The SMILES string of the molecule is Cn1cc(-c2cc3c(N4CCN(C(=O)[C@H]5CC[C@H](O)CC5)CC4)ccnc3[nH]2)cn1. The molecule has 5 rings (SSSR count). The van der Waals surface area contributed by atoms with Gasteiger partial charge in [-0.1, -0.05) is 0 Å². The molecular weight excluding hydrogens is 380 g/mol. The molecule has 1 aliphatic heterocycles. The van der Waals surface area contributed by atoms with Crippen LogP contribution in [0, 0.1) is 5.92 Å². The average Bonchev–Trinajstić information content (AvgIpc) is 3.40. The number of rotatable bonds is 3. The number of aliphatic hydroxyl groups excluding tert-OH is 1. The smallest absolute Gasteiger partial charge is 0.225 e. The highest BCUT2D eigenvalue weighted by Crippen LogP contribution is 2.31. The second kappa shape index (κ2) is 7.75. The van der Waals surface area contributed by atoms with Gasteiger partial charge in [0.2, 0.25) is 5.91 Å². The van der Waals surface area contributed by atoms with Crippen molar-refractivity contribution in [2.24, 2.45) is 13.0 Å². The van der Waals surface area contributed by atoms with Gasteiger partial charge in [0.25, 0.3) is 0 Å². The first kappa shape index (κ1) is 19.1. The van der Waals surface area contributed by atoms with Crippen LogP contribution in [0.25, 0.3) is 22.3 Å². The Bertz CT molecular complexity index is 1040. The number of H-pyrrole nitrogens is 1. The quantitative estimate of drug-likeness (QED) is 0.693. The summed E-state index contributed by atoms with van der Waals surface area (Å²) in [5, 5.41) is 15.1. The minimum absolute atomic E-state index is 0.0827. The van der Waals surface area contributed by atoms with Gasteiger partial charge in [-0.25, -0.2) is 4.98 Å². The third kappa shape index (κ3) is 3.56. The molecule has 0 unspecified atom stereocenters. The van der Waals surface area contributed by atoms with E-state index in [1.54, 1.807) is 4.68 Å². The molecule has 0 aromatic carbocycles. The van der Waals surface area contributed by atoms with Crippen LogP contribution in [0.1, 0.15) is 25.7 Å². The number of hydrogen-bond donors (Lipinski definition) is 2. The Morgan fingerprint density at radius 3 is 2.63 bits per heavy atom. The average molecular weight is 409 g/mol. The first-order chi connectivity index (χ1) is 14.6. The number of carbonyl (C=O) groups is 1. The minimum Gasteiger partial charge on any atom is -0.393 e. The van der Waals surface area contributed by atoms with Crippen LogP contribution < -0.4 is 4.90 Å². The van der Waals surface area contributed by atoms with Crippen LogP contribution in [0.3, 0.4) is 0 Å². The van der Waals surface area contributed by atoms with E-state index in [1.807, 2.05) is 30.5 Å². The van der Waals surface area contributed by atoms with Crippen molar-refractivity contribution < 1.29 is 9.90 Å². The van der Waals surface area contributed by atoms with Crippen molar-refractivity contribution in [1.82, 2.24) is 24.6 Å². The predicted octanol–water partition coefficient (Wildman–Crippen LogP) is 2.16. The number of aryl methyl sites for hydroxylation is 1. The molecule has 30 heavy (non-hydrogen) atoms. The number of amides is 1. The van der Waals surface area contributed by atoms with Crippen molar-refractivity contribution in [3.8, 4) is 11.3 Å². The molecule has 3 aromatic heterocycles. The van der Waals surface area contributed by atoms with Crippen molar-refractivity contribution in [2.75, 3.05) is 31.1 Å². The predicted molar refractivity (Wildman–Crippen MR) is 115 cm³/mol. The van der Waals surface area contributed by atoms with Gasteiger partial charge < -0.3 is 19.9 Å². The zero-order chi connectivity index (χ0) is 20.7. The Hall–Kier alpha value is -2.87. The van der Waals surface area contributed by atoms with E-state index in [9.17, 15) is 9.90 Å². The molecule has 2 aliphatic rings. The van der Waals surface area contributed by atoms with Crippen molar-refractivity contribution in [1.29, 1.82) is 0 Å². The lowest BCUT2D eigenvalue weighted by Crippen LogP contribution is -2.51. The summed E-state index contributed by atoms with van der Waals surface area (Å²) in [5.41, 5.74) is 4.06. The Morgan fingerprint density at radius 2 is 1.93 bits per heavy atom. The van der Waals surface area contributed by atoms with Crippen molar-refractivity contribution in [2.45, 2.75) is 31.8 Å². The van der Waals surface area contributed by atoms with Crippen LogP contribution in [0.15, 0.2) is 30.7 Å². The van der Waals surface area contributed by atoms with Gasteiger partial charge >= 0.3 is 0 Å². The lowest BCUT2D eigenvalue weighted by atomic mass is 9.86. The van der Waals surface area contributed by atoms with Gasteiger partial charge in [-0.2, -0.15) is 5.10 Å². The van der Waals surface area contributed by atoms with E-state index < -0.39 is 0 Å². The highest BCUT2D eigenvalue weighted by Gasteiger charge is 2.31. The van der Waals surface area contributed by atoms with E-state index in [4.69, 9.17) is 0 Å². The monoisotopic (exact) mass is 408 g/mol.